The normalized spacial score (nSPS) is 11.0. The van der Waals surface area contributed by atoms with Gasteiger partial charge in [-0.05, 0) is 44.8 Å². The van der Waals surface area contributed by atoms with Crippen LogP contribution in [0.5, 0.6) is 0 Å². The van der Waals surface area contributed by atoms with Crippen LogP contribution in [-0.2, 0) is 0 Å². The molecular weight excluding hydrogens is 284 g/mol. The van der Waals surface area contributed by atoms with Crippen LogP contribution in [0.15, 0.2) is 78.9 Å². The molecule has 0 aliphatic heterocycles. The van der Waals surface area contributed by atoms with Crippen molar-refractivity contribution in [3.63, 3.8) is 0 Å². The molecular formula is C21H14O2. The van der Waals surface area contributed by atoms with Gasteiger partial charge in [0.25, 0.3) is 0 Å². The second kappa shape index (κ2) is 5.25. The van der Waals surface area contributed by atoms with E-state index in [0.29, 0.717) is 5.56 Å². The first-order valence-corrected chi connectivity index (χ1v) is 7.49. The molecule has 0 heterocycles. The molecule has 23 heavy (non-hydrogen) atoms. The Kier molecular flexibility index (Phi) is 3.09. The van der Waals surface area contributed by atoms with Crippen molar-refractivity contribution in [2.24, 2.45) is 0 Å². The van der Waals surface area contributed by atoms with Crippen LogP contribution in [0.4, 0.5) is 0 Å². The van der Waals surface area contributed by atoms with E-state index in [1.54, 1.807) is 12.1 Å². The van der Waals surface area contributed by atoms with Gasteiger partial charge < -0.3 is 5.11 Å². The first-order chi connectivity index (χ1) is 11.3. The maximum atomic E-state index is 11.6. The Morgan fingerprint density at radius 1 is 0.652 bits per heavy atom. The summed E-state index contributed by atoms with van der Waals surface area (Å²) in [7, 11) is 0. The Balaban J connectivity index is 2.17. The average Bonchev–Trinajstić information content (AvgIpc) is 2.61. The summed E-state index contributed by atoms with van der Waals surface area (Å²) in [5, 5.41) is 14.0. The molecule has 4 rings (SSSR count). The van der Waals surface area contributed by atoms with E-state index < -0.39 is 5.97 Å². The lowest BCUT2D eigenvalue weighted by Gasteiger charge is -2.12. The fraction of sp³-hybridized carbons (Fsp3) is 0. The Hall–Kier alpha value is -3.13. The predicted octanol–water partition coefficient (Wildman–Crippen LogP) is 5.36. The molecule has 0 saturated carbocycles. The Bertz CT molecular complexity index is 1050. The van der Waals surface area contributed by atoms with Gasteiger partial charge in [-0.1, -0.05) is 66.7 Å². The lowest BCUT2D eigenvalue weighted by atomic mass is 9.91. The van der Waals surface area contributed by atoms with E-state index >= 15 is 0 Å². The molecule has 2 nitrogen and oxygen atoms in total. The highest BCUT2D eigenvalue weighted by Crippen LogP contribution is 2.36. The van der Waals surface area contributed by atoms with Gasteiger partial charge in [0.1, 0.15) is 0 Å². The van der Waals surface area contributed by atoms with E-state index in [1.165, 1.54) is 5.39 Å². The molecule has 4 aromatic carbocycles. The first kappa shape index (κ1) is 13.5. The van der Waals surface area contributed by atoms with Crippen molar-refractivity contribution < 1.29 is 9.90 Å². The molecule has 4 aromatic rings. The molecule has 0 fully saturated rings. The van der Waals surface area contributed by atoms with Crippen LogP contribution in [-0.4, -0.2) is 11.1 Å². The third-order valence-electron chi connectivity index (χ3n) is 4.22. The van der Waals surface area contributed by atoms with Gasteiger partial charge in [-0.15, -0.1) is 0 Å². The average molecular weight is 298 g/mol. The number of carbonyl (C=O) groups is 1. The van der Waals surface area contributed by atoms with Crippen molar-refractivity contribution in [3.05, 3.63) is 84.4 Å². The number of benzene rings is 4. The second-order valence-corrected chi connectivity index (χ2v) is 5.54. The van der Waals surface area contributed by atoms with Crippen molar-refractivity contribution >= 4 is 27.5 Å². The molecule has 0 atom stereocenters. The number of carboxylic acids is 1. The molecule has 0 amide bonds. The van der Waals surface area contributed by atoms with Gasteiger partial charge in [0, 0.05) is 0 Å². The van der Waals surface area contributed by atoms with Crippen LogP contribution in [0.3, 0.4) is 0 Å². The molecule has 0 spiro atoms. The summed E-state index contributed by atoms with van der Waals surface area (Å²) in [4.78, 5) is 11.6. The summed E-state index contributed by atoms with van der Waals surface area (Å²) in [6.45, 7) is 0. The maximum absolute atomic E-state index is 11.6. The van der Waals surface area contributed by atoms with E-state index in [-0.39, 0.29) is 0 Å². The number of hydrogen-bond acceptors (Lipinski definition) is 1. The zero-order valence-corrected chi connectivity index (χ0v) is 12.4. The molecule has 110 valence electrons. The third-order valence-corrected chi connectivity index (χ3v) is 4.22. The van der Waals surface area contributed by atoms with Crippen LogP contribution < -0.4 is 0 Å². The summed E-state index contributed by atoms with van der Waals surface area (Å²) < 4.78 is 0. The summed E-state index contributed by atoms with van der Waals surface area (Å²) in [5.41, 5.74) is 2.03. The van der Waals surface area contributed by atoms with Gasteiger partial charge in [0.05, 0.1) is 5.56 Å². The number of aromatic carboxylic acids is 1. The molecule has 2 heteroatoms. The van der Waals surface area contributed by atoms with Crippen molar-refractivity contribution in [3.8, 4) is 11.1 Å². The van der Waals surface area contributed by atoms with Crippen LogP contribution >= 0.6 is 0 Å². The van der Waals surface area contributed by atoms with Crippen LogP contribution in [0.2, 0.25) is 0 Å². The lowest BCUT2D eigenvalue weighted by molar-refractivity contribution is 0.0698. The second-order valence-electron chi connectivity index (χ2n) is 5.54. The number of hydrogen-bond donors (Lipinski definition) is 1. The molecule has 0 aliphatic carbocycles. The third kappa shape index (κ3) is 2.16. The van der Waals surface area contributed by atoms with Gasteiger partial charge in [-0.2, -0.15) is 0 Å². The molecule has 0 bridgehead atoms. The van der Waals surface area contributed by atoms with Crippen LogP contribution in [0, 0.1) is 0 Å². The van der Waals surface area contributed by atoms with Crippen LogP contribution in [0.1, 0.15) is 10.4 Å². The molecule has 1 N–H and O–H groups in total. The quantitative estimate of drug-likeness (QED) is 0.506. The van der Waals surface area contributed by atoms with Crippen molar-refractivity contribution in [1.82, 2.24) is 0 Å². The number of carboxylic acid groups (broad SMARTS) is 1. The number of rotatable bonds is 2. The summed E-state index contributed by atoms with van der Waals surface area (Å²) in [6, 6.07) is 25.6. The van der Waals surface area contributed by atoms with E-state index in [9.17, 15) is 9.90 Å². The highest BCUT2D eigenvalue weighted by molar-refractivity contribution is 6.15. The lowest BCUT2D eigenvalue weighted by Crippen LogP contribution is -1.99. The number of fused-ring (bicyclic) bond motifs is 3. The smallest absolute Gasteiger partial charge is 0.336 e. The fourth-order valence-electron chi connectivity index (χ4n) is 3.18. The Morgan fingerprint density at radius 2 is 1.26 bits per heavy atom. The Labute approximate surface area is 133 Å². The predicted molar refractivity (Wildman–Crippen MR) is 93.8 cm³/mol. The minimum absolute atomic E-state index is 0.327. The highest BCUT2D eigenvalue weighted by Gasteiger charge is 2.14. The topological polar surface area (TPSA) is 37.3 Å². The van der Waals surface area contributed by atoms with Gasteiger partial charge in [-0.3, -0.25) is 0 Å². The largest absolute Gasteiger partial charge is 0.478 e. The van der Waals surface area contributed by atoms with Gasteiger partial charge in [0.15, 0.2) is 0 Å². The highest BCUT2D eigenvalue weighted by atomic mass is 16.4. The zero-order chi connectivity index (χ0) is 15.8. The van der Waals surface area contributed by atoms with Gasteiger partial charge in [0.2, 0.25) is 0 Å². The maximum Gasteiger partial charge on any atom is 0.336 e. The summed E-state index contributed by atoms with van der Waals surface area (Å²) >= 11 is 0. The zero-order valence-electron chi connectivity index (χ0n) is 12.4. The van der Waals surface area contributed by atoms with E-state index in [2.05, 4.69) is 30.3 Å². The standard InChI is InChI=1S/C21H14O2/c22-21(23)19-12-6-5-11-18(19)20-13-14-7-1-2-8-15(14)16-9-3-4-10-17(16)20/h1-13H,(H,22,23). The van der Waals surface area contributed by atoms with E-state index in [1.807, 2.05) is 36.4 Å². The van der Waals surface area contributed by atoms with Crippen molar-refractivity contribution in [1.29, 1.82) is 0 Å². The van der Waals surface area contributed by atoms with Crippen molar-refractivity contribution in [2.45, 2.75) is 0 Å². The van der Waals surface area contributed by atoms with Crippen LogP contribution in [0.25, 0.3) is 32.7 Å². The Morgan fingerprint density at radius 3 is 2.04 bits per heavy atom. The molecule has 0 aliphatic rings. The van der Waals surface area contributed by atoms with Crippen molar-refractivity contribution in [2.75, 3.05) is 0 Å². The van der Waals surface area contributed by atoms with Gasteiger partial charge >= 0.3 is 5.97 Å². The monoisotopic (exact) mass is 298 g/mol. The summed E-state index contributed by atoms with van der Waals surface area (Å²) in [5.74, 6) is -0.905. The molecule has 0 unspecified atom stereocenters. The minimum atomic E-state index is -0.905. The molecule has 0 saturated heterocycles. The minimum Gasteiger partial charge on any atom is -0.478 e. The fourth-order valence-corrected chi connectivity index (χ4v) is 3.18. The van der Waals surface area contributed by atoms with E-state index in [4.69, 9.17) is 0 Å². The SMILES string of the molecule is O=C(O)c1ccccc1-c1cc2ccccc2c2ccccc12. The van der Waals surface area contributed by atoms with Gasteiger partial charge in [-0.25, -0.2) is 4.79 Å². The first-order valence-electron chi connectivity index (χ1n) is 7.49. The molecule has 0 aromatic heterocycles. The van der Waals surface area contributed by atoms with E-state index in [0.717, 1.165) is 27.3 Å². The molecule has 0 radical (unpaired) electrons. The summed E-state index contributed by atoms with van der Waals surface area (Å²) in [6.07, 6.45) is 0.